The van der Waals surface area contributed by atoms with E-state index in [4.69, 9.17) is 9.47 Å². The predicted octanol–water partition coefficient (Wildman–Crippen LogP) is 16.9. The van der Waals surface area contributed by atoms with Crippen molar-refractivity contribution in [2.45, 2.75) is 90.9 Å². The zero-order chi connectivity index (χ0) is 43.5. The van der Waals surface area contributed by atoms with Gasteiger partial charge >= 0.3 is 0 Å². The zero-order valence-electron chi connectivity index (χ0n) is 37.6. The molecule has 0 amide bonds. The van der Waals surface area contributed by atoms with E-state index in [9.17, 15) is 0 Å². The van der Waals surface area contributed by atoms with E-state index in [1.54, 1.807) is 0 Å². The van der Waals surface area contributed by atoms with Crippen molar-refractivity contribution in [3.63, 3.8) is 0 Å². The summed E-state index contributed by atoms with van der Waals surface area (Å²) < 4.78 is 13.9. The Kier molecular flexibility index (Phi) is 13.7. The number of hydrogen-bond donors (Lipinski definition) is 0. The van der Waals surface area contributed by atoms with Crippen molar-refractivity contribution in [1.29, 1.82) is 0 Å². The number of hydrogen-bond acceptors (Lipinski definition) is 2. The van der Waals surface area contributed by atoms with Gasteiger partial charge in [-0.25, -0.2) is 0 Å². The molecule has 0 spiro atoms. The van der Waals surface area contributed by atoms with Crippen LogP contribution in [0.15, 0.2) is 146 Å². The highest BCUT2D eigenvalue weighted by atomic mass is 16.5. The molecule has 0 aliphatic rings. The molecule has 0 saturated heterocycles. The molecule has 0 aliphatic carbocycles. The maximum absolute atomic E-state index is 6.93. The van der Waals surface area contributed by atoms with Gasteiger partial charge in [0.05, 0.1) is 13.2 Å². The minimum atomic E-state index is 0.655. The zero-order valence-corrected chi connectivity index (χ0v) is 37.6. The molecule has 9 rings (SSSR count). The Morgan fingerprint density at radius 2 is 0.656 bits per heavy atom. The molecule has 0 aromatic heterocycles. The van der Waals surface area contributed by atoms with Gasteiger partial charge in [-0.2, -0.15) is 0 Å². The number of fused-ring (bicyclic) bond motifs is 6. The van der Waals surface area contributed by atoms with Crippen molar-refractivity contribution in [3.8, 4) is 35.2 Å². The fraction of sp³-hybridized carbons (Fsp3) is 0.258. The molecule has 0 atom stereocenters. The maximum Gasteiger partial charge on any atom is 0.135 e. The summed E-state index contributed by atoms with van der Waals surface area (Å²) >= 11 is 0. The van der Waals surface area contributed by atoms with Crippen LogP contribution in [0.5, 0.6) is 11.5 Å². The van der Waals surface area contributed by atoms with Gasteiger partial charge in [0, 0.05) is 43.8 Å². The Labute approximate surface area is 379 Å². The first-order valence-corrected chi connectivity index (χ1v) is 23.8. The van der Waals surface area contributed by atoms with Crippen molar-refractivity contribution in [2.75, 3.05) is 13.2 Å². The molecule has 0 aliphatic heterocycles. The quantitative estimate of drug-likeness (QED) is 0.0548. The number of benzene rings is 9. The van der Waals surface area contributed by atoms with E-state index < -0.39 is 0 Å². The van der Waals surface area contributed by atoms with Gasteiger partial charge in [-0.3, -0.25) is 0 Å². The fourth-order valence-electron chi connectivity index (χ4n) is 9.30. The highest BCUT2D eigenvalue weighted by Crippen LogP contribution is 2.44. The van der Waals surface area contributed by atoms with Crippen molar-refractivity contribution in [3.05, 3.63) is 168 Å². The summed E-state index contributed by atoms with van der Waals surface area (Å²) in [6.45, 7) is 5.85. The second-order valence-electron chi connectivity index (χ2n) is 17.3. The minimum absolute atomic E-state index is 0.655. The van der Waals surface area contributed by atoms with Crippen molar-refractivity contribution in [2.24, 2.45) is 0 Å². The van der Waals surface area contributed by atoms with Gasteiger partial charge in [0.15, 0.2) is 0 Å². The summed E-state index contributed by atoms with van der Waals surface area (Å²) in [6, 6.07) is 51.9. The first-order chi connectivity index (χ1) is 31.7. The van der Waals surface area contributed by atoms with E-state index in [2.05, 4.69) is 183 Å². The fourth-order valence-corrected chi connectivity index (χ4v) is 9.30. The third kappa shape index (κ3) is 9.44. The molecule has 0 unspecified atom stereocenters. The lowest BCUT2D eigenvalue weighted by Crippen LogP contribution is -2.03. The average Bonchev–Trinajstić information content (AvgIpc) is 3.33. The van der Waals surface area contributed by atoms with Gasteiger partial charge in [0.2, 0.25) is 0 Å². The normalized spacial score (nSPS) is 11.3. The van der Waals surface area contributed by atoms with Crippen LogP contribution < -0.4 is 9.47 Å². The summed E-state index contributed by atoms with van der Waals surface area (Å²) in [4.78, 5) is 0. The Hall–Kier alpha value is -6.74. The van der Waals surface area contributed by atoms with Crippen LogP contribution in [0.3, 0.4) is 0 Å². The van der Waals surface area contributed by atoms with Gasteiger partial charge in [-0.15, -0.1) is 0 Å². The van der Waals surface area contributed by atoms with Crippen molar-refractivity contribution < 1.29 is 9.47 Å². The summed E-state index contributed by atoms with van der Waals surface area (Å²) in [5, 5.41) is 13.6. The molecule has 0 bridgehead atoms. The van der Waals surface area contributed by atoms with Crippen LogP contribution in [-0.4, -0.2) is 13.2 Å². The molecule has 0 saturated carbocycles. The third-order valence-electron chi connectivity index (χ3n) is 12.7. The number of ether oxygens (including phenoxy) is 2. The molecule has 0 radical (unpaired) electrons. The SMILES string of the molecule is CCCCCCCCOc1c2ccc(C#Cc3c4ccccc4cc4ccccc34)cc2c(OCCCCCCCC)c2ccc(C#Cc3c4ccccc4cc4ccccc34)cc12. The standard InChI is InChI=1S/C62H58O2/c1-3-5-7-9-11-21-39-63-61-57-37-33-46(32-36-56-53-29-19-15-25-49(53)44-50-26-16-20-30-54(50)56)42-60(57)62(64-40-22-12-10-8-6-4-2)58-38-34-45(41-59(58)61)31-35-55-51-27-17-13-23-47(51)43-48-24-14-18-28-52(48)55/h13-20,23-30,33-34,37-38,41-44H,3-12,21-22,39-40H2,1-2H3. The lowest BCUT2D eigenvalue weighted by atomic mass is 9.95. The molecular weight excluding hydrogens is 777 g/mol. The van der Waals surface area contributed by atoms with E-state index in [-0.39, 0.29) is 0 Å². The van der Waals surface area contributed by atoms with Crippen LogP contribution in [0, 0.1) is 23.7 Å². The van der Waals surface area contributed by atoms with E-state index in [1.165, 1.54) is 94.5 Å². The van der Waals surface area contributed by atoms with Crippen LogP contribution in [0.4, 0.5) is 0 Å². The van der Waals surface area contributed by atoms with Crippen molar-refractivity contribution >= 4 is 64.6 Å². The summed E-state index contributed by atoms with van der Waals surface area (Å²) in [5.74, 6) is 16.3. The van der Waals surface area contributed by atoms with Crippen LogP contribution in [0.1, 0.15) is 113 Å². The first-order valence-electron chi connectivity index (χ1n) is 23.8. The molecule has 9 aromatic carbocycles. The largest absolute Gasteiger partial charge is 0.492 e. The van der Waals surface area contributed by atoms with Gasteiger partial charge in [-0.05, 0) is 104 Å². The highest BCUT2D eigenvalue weighted by Gasteiger charge is 2.18. The maximum atomic E-state index is 6.93. The Morgan fingerprint density at radius 1 is 0.312 bits per heavy atom. The molecule has 2 heteroatoms. The molecule has 0 N–H and O–H groups in total. The van der Waals surface area contributed by atoms with Crippen LogP contribution >= 0.6 is 0 Å². The molecule has 9 aromatic rings. The molecule has 318 valence electrons. The van der Waals surface area contributed by atoms with E-state index >= 15 is 0 Å². The smallest absolute Gasteiger partial charge is 0.135 e. The number of unbranched alkanes of at least 4 members (excludes halogenated alkanes) is 10. The highest BCUT2D eigenvalue weighted by molar-refractivity contribution is 6.12. The first kappa shape index (κ1) is 42.6. The van der Waals surface area contributed by atoms with Gasteiger partial charge < -0.3 is 9.47 Å². The van der Waals surface area contributed by atoms with Crippen LogP contribution in [-0.2, 0) is 0 Å². The van der Waals surface area contributed by atoms with Gasteiger partial charge in [-0.1, -0.05) is 199 Å². The molecular formula is C62H58O2. The van der Waals surface area contributed by atoms with Crippen LogP contribution in [0.25, 0.3) is 64.6 Å². The average molecular weight is 835 g/mol. The second kappa shape index (κ2) is 20.6. The third-order valence-corrected chi connectivity index (χ3v) is 12.7. The lowest BCUT2D eigenvalue weighted by Gasteiger charge is -2.19. The second-order valence-corrected chi connectivity index (χ2v) is 17.3. The molecule has 0 heterocycles. The van der Waals surface area contributed by atoms with Gasteiger partial charge in [0.25, 0.3) is 0 Å². The van der Waals surface area contributed by atoms with Gasteiger partial charge in [0.1, 0.15) is 11.5 Å². The molecule has 64 heavy (non-hydrogen) atoms. The van der Waals surface area contributed by atoms with E-state index in [1.807, 2.05) is 0 Å². The molecule has 2 nitrogen and oxygen atoms in total. The Balaban J connectivity index is 1.16. The number of rotatable bonds is 16. The summed E-state index contributed by atoms with van der Waals surface area (Å²) in [6.07, 6.45) is 14.4. The van der Waals surface area contributed by atoms with Crippen LogP contribution in [0.2, 0.25) is 0 Å². The topological polar surface area (TPSA) is 18.5 Å². The summed E-state index contributed by atoms with van der Waals surface area (Å²) in [7, 11) is 0. The predicted molar refractivity (Wildman–Crippen MR) is 274 cm³/mol. The van der Waals surface area contributed by atoms with Crippen molar-refractivity contribution in [1.82, 2.24) is 0 Å². The Bertz CT molecular complexity index is 2900. The monoisotopic (exact) mass is 834 g/mol. The summed E-state index contributed by atoms with van der Waals surface area (Å²) in [5.41, 5.74) is 4.00. The van der Waals surface area contributed by atoms with E-state index in [0.29, 0.717) is 13.2 Å². The Morgan fingerprint density at radius 3 is 1.03 bits per heavy atom. The molecule has 0 fully saturated rings. The lowest BCUT2D eigenvalue weighted by molar-refractivity contribution is 0.306. The minimum Gasteiger partial charge on any atom is -0.492 e. The van der Waals surface area contributed by atoms with E-state index in [0.717, 1.165) is 81.0 Å².